The monoisotopic (exact) mass is 301 g/mol. The average Bonchev–Trinajstić information content (AvgIpc) is 2.55. The molecular formula is C18H23NOS. The highest BCUT2D eigenvalue weighted by Crippen LogP contribution is 2.34. The summed E-state index contributed by atoms with van der Waals surface area (Å²) in [6, 6.07) is 17.0. The van der Waals surface area contributed by atoms with Gasteiger partial charge in [0.25, 0.3) is 0 Å². The quantitative estimate of drug-likeness (QED) is 0.760. The van der Waals surface area contributed by atoms with Crippen LogP contribution in [0.2, 0.25) is 0 Å². The van der Waals surface area contributed by atoms with Gasteiger partial charge in [0.2, 0.25) is 0 Å². The molecule has 2 rings (SSSR count). The molecule has 0 bridgehead atoms. The lowest BCUT2D eigenvalue weighted by Crippen LogP contribution is -2.19. The zero-order valence-corrected chi connectivity index (χ0v) is 13.7. The van der Waals surface area contributed by atoms with E-state index in [9.17, 15) is 0 Å². The van der Waals surface area contributed by atoms with Crippen LogP contribution < -0.4 is 10.1 Å². The first-order valence-electron chi connectivity index (χ1n) is 7.33. The number of nitrogens with one attached hydrogen (secondary N) is 1. The van der Waals surface area contributed by atoms with Crippen molar-refractivity contribution in [3.05, 3.63) is 59.7 Å². The fraction of sp³-hybridized carbons (Fsp3) is 0.333. The van der Waals surface area contributed by atoms with Crippen LogP contribution >= 0.6 is 11.8 Å². The molecule has 2 nitrogen and oxygen atoms in total. The van der Waals surface area contributed by atoms with Gasteiger partial charge in [-0.15, -0.1) is 11.8 Å². The Morgan fingerprint density at radius 1 is 1.05 bits per heavy atom. The second-order valence-electron chi connectivity index (χ2n) is 4.85. The van der Waals surface area contributed by atoms with E-state index in [1.54, 1.807) is 11.8 Å². The number of hydrogen-bond acceptors (Lipinski definition) is 3. The fourth-order valence-corrected chi connectivity index (χ4v) is 3.08. The van der Waals surface area contributed by atoms with Gasteiger partial charge in [-0.2, -0.15) is 0 Å². The summed E-state index contributed by atoms with van der Waals surface area (Å²) in [5.74, 6) is 0.967. The predicted octanol–water partition coefficient (Wildman–Crippen LogP) is 4.51. The fourth-order valence-electron chi connectivity index (χ4n) is 2.45. The highest BCUT2D eigenvalue weighted by Gasteiger charge is 2.18. The van der Waals surface area contributed by atoms with E-state index in [-0.39, 0.29) is 6.04 Å². The Morgan fingerprint density at radius 2 is 1.71 bits per heavy atom. The van der Waals surface area contributed by atoms with Crippen LogP contribution in [0.1, 0.15) is 30.5 Å². The van der Waals surface area contributed by atoms with Gasteiger partial charge < -0.3 is 10.1 Å². The number of thioether (sulfide) groups is 1. The molecule has 0 heterocycles. The average molecular weight is 301 g/mol. The molecule has 0 aliphatic carbocycles. The molecule has 1 unspecified atom stereocenters. The third-order valence-electron chi connectivity index (χ3n) is 3.43. The van der Waals surface area contributed by atoms with Crippen molar-refractivity contribution >= 4 is 11.8 Å². The number of rotatable bonds is 7. The minimum Gasteiger partial charge on any atom is -0.493 e. The van der Waals surface area contributed by atoms with Gasteiger partial charge >= 0.3 is 0 Å². The van der Waals surface area contributed by atoms with Crippen molar-refractivity contribution in [2.45, 2.75) is 24.3 Å². The Morgan fingerprint density at radius 3 is 2.38 bits per heavy atom. The molecule has 2 aromatic rings. The normalized spacial score (nSPS) is 12.1. The van der Waals surface area contributed by atoms with Crippen molar-refractivity contribution in [3.63, 3.8) is 0 Å². The minimum atomic E-state index is 0.140. The standard InChI is InChI=1S/C18H23NOS/c1-4-13-20-16-11-7-5-9-14(16)18(19-2)15-10-6-8-12-17(15)21-3/h5-12,18-19H,4,13H2,1-3H3. The molecule has 1 N–H and O–H groups in total. The van der Waals surface area contributed by atoms with Gasteiger partial charge in [-0.25, -0.2) is 0 Å². The largest absolute Gasteiger partial charge is 0.493 e. The molecule has 0 aliphatic heterocycles. The number of ether oxygens (including phenoxy) is 1. The molecule has 0 aliphatic rings. The van der Waals surface area contributed by atoms with E-state index < -0.39 is 0 Å². The van der Waals surface area contributed by atoms with E-state index in [1.807, 2.05) is 13.1 Å². The van der Waals surface area contributed by atoms with Gasteiger partial charge in [-0.1, -0.05) is 43.3 Å². The van der Waals surface area contributed by atoms with Gasteiger partial charge in [0.05, 0.1) is 12.6 Å². The molecule has 21 heavy (non-hydrogen) atoms. The Kier molecular flexibility index (Phi) is 6.15. The maximum Gasteiger partial charge on any atom is 0.124 e. The van der Waals surface area contributed by atoms with Crippen molar-refractivity contribution in [2.75, 3.05) is 19.9 Å². The summed E-state index contributed by atoms with van der Waals surface area (Å²) >= 11 is 1.78. The summed E-state index contributed by atoms with van der Waals surface area (Å²) in [7, 11) is 2.00. The first-order chi connectivity index (χ1) is 10.3. The zero-order valence-electron chi connectivity index (χ0n) is 12.9. The molecule has 3 heteroatoms. The Hall–Kier alpha value is -1.45. The highest BCUT2D eigenvalue weighted by atomic mass is 32.2. The third-order valence-corrected chi connectivity index (χ3v) is 4.24. The maximum absolute atomic E-state index is 5.92. The molecule has 0 amide bonds. The summed E-state index contributed by atoms with van der Waals surface area (Å²) in [5.41, 5.74) is 2.48. The van der Waals surface area contributed by atoms with Crippen LogP contribution in [-0.4, -0.2) is 19.9 Å². The molecule has 2 aromatic carbocycles. The lowest BCUT2D eigenvalue weighted by molar-refractivity contribution is 0.312. The first kappa shape index (κ1) is 15.9. The topological polar surface area (TPSA) is 21.3 Å². The van der Waals surface area contributed by atoms with E-state index in [0.29, 0.717) is 0 Å². The van der Waals surface area contributed by atoms with Gasteiger partial charge in [0.15, 0.2) is 0 Å². The molecule has 0 spiro atoms. The first-order valence-corrected chi connectivity index (χ1v) is 8.56. The number of benzene rings is 2. The van der Waals surface area contributed by atoms with Crippen molar-refractivity contribution in [3.8, 4) is 5.75 Å². The van der Waals surface area contributed by atoms with Gasteiger partial charge in [0, 0.05) is 10.5 Å². The molecule has 0 radical (unpaired) electrons. The van der Waals surface area contributed by atoms with Gasteiger partial charge in [0.1, 0.15) is 5.75 Å². The van der Waals surface area contributed by atoms with Gasteiger partial charge in [-0.3, -0.25) is 0 Å². The van der Waals surface area contributed by atoms with E-state index in [1.165, 1.54) is 16.0 Å². The van der Waals surface area contributed by atoms with E-state index in [0.717, 1.165) is 18.8 Å². The number of para-hydroxylation sites is 1. The smallest absolute Gasteiger partial charge is 0.124 e. The lowest BCUT2D eigenvalue weighted by Gasteiger charge is -2.22. The molecular weight excluding hydrogens is 278 g/mol. The van der Waals surface area contributed by atoms with Crippen molar-refractivity contribution in [1.82, 2.24) is 5.32 Å². The Bertz CT molecular complexity index is 571. The summed E-state index contributed by atoms with van der Waals surface area (Å²) in [6.07, 6.45) is 3.13. The van der Waals surface area contributed by atoms with Crippen LogP contribution in [0, 0.1) is 0 Å². The second kappa shape index (κ2) is 8.11. The Balaban J connectivity index is 2.41. The van der Waals surface area contributed by atoms with E-state index in [2.05, 4.69) is 61.0 Å². The van der Waals surface area contributed by atoms with Crippen LogP contribution in [0.25, 0.3) is 0 Å². The van der Waals surface area contributed by atoms with Crippen LogP contribution in [0.15, 0.2) is 53.4 Å². The van der Waals surface area contributed by atoms with Crippen molar-refractivity contribution in [1.29, 1.82) is 0 Å². The minimum absolute atomic E-state index is 0.140. The van der Waals surface area contributed by atoms with E-state index in [4.69, 9.17) is 4.74 Å². The van der Waals surface area contributed by atoms with Crippen LogP contribution in [0.5, 0.6) is 5.75 Å². The SMILES string of the molecule is CCCOc1ccccc1C(NC)c1ccccc1SC. The summed E-state index contributed by atoms with van der Waals surface area (Å²) in [6.45, 7) is 2.87. The molecule has 112 valence electrons. The van der Waals surface area contributed by atoms with Gasteiger partial charge in [-0.05, 0) is 37.4 Å². The van der Waals surface area contributed by atoms with Crippen LogP contribution in [0.3, 0.4) is 0 Å². The molecule has 0 aromatic heterocycles. The van der Waals surface area contributed by atoms with Crippen molar-refractivity contribution < 1.29 is 4.74 Å². The van der Waals surface area contributed by atoms with Crippen LogP contribution in [0.4, 0.5) is 0 Å². The molecule has 0 saturated heterocycles. The predicted molar refractivity (Wildman–Crippen MR) is 91.4 cm³/mol. The zero-order chi connectivity index (χ0) is 15.1. The summed E-state index contributed by atoms with van der Waals surface area (Å²) in [5, 5.41) is 3.43. The maximum atomic E-state index is 5.92. The van der Waals surface area contributed by atoms with Crippen LogP contribution in [-0.2, 0) is 0 Å². The molecule has 0 fully saturated rings. The summed E-state index contributed by atoms with van der Waals surface area (Å²) < 4.78 is 5.92. The third kappa shape index (κ3) is 3.80. The van der Waals surface area contributed by atoms with Crippen molar-refractivity contribution in [2.24, 2.45) is 0 Å². The number of hydrogen-bond donors (Lipinski definition) is 1. The second-order valence-corrected chi connectivity index (χ2v) is 5.70. The lowest BCUT2D eigenvalue weighted by atomic mass is 9.98. The molecule has 1 atom stereocenters. The Labute approximate surface area is 131 Å². The highest BCUT2D eigenvalue weighted by molar-refractivity contribution is 7.98. The molecule has 0 saturated carbocycles. The summed E-state index contributed by atoms with van der Waals surface area (Å²) in [4.78, 5) is 1.29. The van der Waals surface area contributed by atoms with E-state index >= 15 is 0 Å².